The van der Waals surface area contributed by atoms with Crippen molar-refractivity contribution in [3.05, 3.63) is 53.5 Å². The van der Waals surface area contributed by atoms with E-state index in [0.29, 0.717) is 11.4 Å². The number of nitrogen functional groups attached to an aromatic ring is 1. The van der Waals surface area contributed by atoms with E-state index in [-0.39, 0.29) is 11.9 Å². The van der Waals surface area contributed by atoms with Gasteiger partial charge in [0.25, 0.3) is 5.91 Å². The first kappa shape index (κ1) is 14.0. The van der Waals surface area contributed by atoms with E-state index in [2.05, 4.69) is 15.3 Å². The third-order valence-corrected chi connectivity index (χ3v) is 3.14. The van der Waals surface area contributed by atoms with Gasteiger partial charge in [-0.25, -0.2) is 4.98 Å². The fourth-order valence-electron chi connectivity index (χ4n) is 2.01. The van der Waals surface area contributed by atoms with E-state index in [0.717, 1.165) is 17.7 Å². The van der Waals surface area contributed by atoms with E-state index in [1.54, 1.807) is 18.3 Å². The Morgan fingerprint density at radius 1 is 1.35 bits per heavy atom. The molecule has 20 heavy (non-hydrogen) atoms. The summed E-state index contributed by atoms with van der Waals surface area (Å²) < 4.78 is 0. The van der Waals surface area contributed by atoms with Crippen LogP contribution in [0.5, 0.6) is 0 Å². The molecule has 0 saturated heterocycles. The van der Waals surface area contributed by atoms with Crippen LogP contribution in [0.1, 0.15) is 41.0 Å². The Morgan fingerprint density at radius 3 is 2.75 bits per heavy atom. The van der Waals surface area contributed by atoms with Gasteiger partial charge in [0.2, 0.25) is 0 Å². The number of rotatable bonds is 4. The summed E-state index contributed by atoms with van der Waals surface area (Å²) in [6.45, 7) is 4.00. The maximum Gasteiger partial charge on any atom is 0.253 e. The molecule has 0 aliphatic rings. The van der Waals surface area contributed by atoms with Crippen LogP contribution in [0, 0.1) is 6.92 Å². The summed E-state index contributed by atoms with van der Waals surface area (Å²) in [5, 5.41) is 2.98. The molecule has 0 unspecified atom stereocenters. The van der Waals surface area contributed by atoms with Crippen LogP contribution in [0.25, 0.3) is 0 Å². The Bertz CT molecular complexity index is 595. The number of aromatic nitrogens is 2. The predicted octanol–water partition coefficient (Wildman–Crippen LogP) is 2.25. The van der Waals surface area contributed by atoms with Gasteiger partial charge in [0.1, 0.15) is 5.82 Å². The van der Waals surface area contributed by atoms with Crippen LogP contribution in [0.15, 0.2) is 36.7 Å². The lowest BCUT2D eigenvalue weighted by atomic mass is 10.1. The number of aryl methyl sites for hydroxylation is 1. The van der Waals surface area contributed by atoms with Crippen molar-refractivity contribution in [1.29, 1.82) is 0 Å². The van der Waals surface area contributed by atoms with Crippen LogP contribution in [-0.2, 0) is 0 Å². The number of nitrogens with one attached hydrogen (secondary N) is 1. The molecule has 0 aromatic carbocycles. The maximum atomic E-state index is 12.2. The zero-order valence-corrected chi connectivity index (χ0v) is 11.6. The van der Waals surface area contributed by atoms with E-state index < -0.39 is 0 Å². The third-order valence-electron chi connectivity index (χ3n) is 3.14. The minimum Gasteiger partial charge on any atom is -0.384 e. The van der Waals surface area contributed by atoms with Crippen molar-refractivity contribution in [2.75, 3.05) is 5.73 Å². The van der Waals surface area contributed by atoms with Gasteiger partial charge in [-0.1, -0.05) is 13.0 Å². The zero-order chi connectivity index (χ0) is 14.5. The second-order valence-corrected chi connectivity index (χ2v) is 4.61. The van der Waals surface area contributed by atoms with E-state index in [1.807, 2.05) is 26.0 Å². The topological polar surface area (TPSA) is 80.9 Å². The first-order chi connectivity index (χ1) is 9.61. The predicted molar refractivity (Wildman–Crippen MR) is 78.1 cm³/mol. The Morgan fingerprint density at radius 2 is 2.15 bits per heavy atom. The summed E-state index contributed by atoms with van der Waals surface area (Å²) in [5.41, 5.74) is 7.96. The number of anilines is 1. The van der Waals surface area contributed by atoms with Gasteiger partial charge in [0.05, 0.1) is 17.3 Å². The summed E-state index contributed by atoms with van der Waals surface area (Å²) in [5.74, 6) is 0.226. The largest absolute Gasteiger partial charge is 0.384 e. The average Bonchev–Trinajstić information content (AvgIpc) is 2.46. The molecule has 104 valence electrons. The van der Waals surface area contributed by atoms with Crippen molar-refractivity contribution in [3.8, 4) is 0 Å². The molecule has 0 aliphatic carbocycles. The van der Waals surface area contributed by atoms with Crippen molar-refractivity contribution >= 4 is 11.7 Å². The second-order valence-electron chi connectivity index (χ2n) is 4.61. The number of nitrogens with two attached hydrogens (primary N) is 1. The fraction of sp³-hybridized carbons (Fsp3) is 0.267. The van der Waals surface area contributed by atoms with E-state index in [4.69, 9.17) is 5.73 Å². The molecular formula is C15H18N4O. The SMILES string of the molecule is CC[C@@H](NC(=O)c1ccc(N)nc1)c1ncccc1C. The zero-order valence-electron chi connectivity index (χ0n) is 11.6. The molecule has 0 spiro atoms. The van der Waals surface area contributed by atoms with Gasteiger partial charge in [0.15, 0.2) is 0 Å². The highest BCUT2D eigenvalue weighted by Crippen LogP contribution is 2.18. The van der Waals surface area contributed by atoms with Gasteiger partial charge >= 0.3 is 0 Å². The number of amides is 1. The van der Waals surface area contributed by atoms with Crippen molar-refractivity contribution in [1.82, 2.24) is 15.3 Å². The highest BCUT2D eigenvalue weighted by molar-refractivity contribution is 5.94. The van der Waals surface area contributed by atoms with Crippen LogP contribution < -0.4 is 11.1 Å². The van der Waals surface area contributed by atoms with Crippen molar-refractivity contribution in [2.24, 2.45) is 0 Å². The van der Waals surface area contributed by atoms with Crippen LogP contribution in [0.4, 0.5) is 5.82 Å². The maximum absolute atomic E-state index is 12.2. The number of hydrogen-bond acceptors (Lipinski definition) is 4. The van der Waals surface area contributed by atoms with Gasteiger partial charge in [-0.05, 0) is 37.1 Å². The van der Waals surface area contributed by atoms with Crippen molar-refractivity contribution < 1.29 is 4.79 Å². The lowest BCUT2D eigenvalue weighted by molar-refractivity contribution is 0.0934. The van der Waals surface area contributed by atoms with Crippen LogP contribution >= 0.6 is 0 Å². The van der Waals surface area contributed by atoms with Crippen LogP contribution in [-0.4, -0.2) is 15.9 Å². The first-order valence-electron chi connectivity index (χ1n) is 6.55. The molecule has 2 aromatic heterocycles. The molecule has 2 heterocycles. The van der Waals surface area contributed by atoms with E-state index >= 15 is 0 Å². The minimum absolute atomic E-state index is 0.110. The standard InChI is InChI=1S/C15H18N4O/c1-3-12(14-10(2)5-4-8-17-14)19-15(20)11-6-7-13(16)18-9-11/h4-9,12H,3H2,1-2H3,(H2,16,18)(H,19,20)/t12-/m1/s1. The lowest BCUT2D eigenvalue weighted by Gasteiger charge is -2.18. The molecular weight excluding hydrogens is 252 g/mol. The third kappa shape index (κ3) is 3.12. The van der Waals surface area contributed by atoms with Gasteiger partial charge in [-0.2, -0.15) is 0 Å². The van der Waals surface area contributed by atoms with Gasteiger partial charge in [-0.3, -0.25) is 9.78 Å². The van der Waals surface area contributed by atoms with Crippen LogP contribution in [0.2, 0.25) is 0 Å². The number of nitrogens with zero attached hydrogens (tertiary/aromatic N) is 2. The number of carbonyl (C=O) groups excluding carboxylic acids is 1. The van der Waals surface area contributed by atoms with Gasteiger partial charge in [-0.15, -0.1) is 0 Å². The van der Waals surface area contributed by atoms with E-state index in [1.165, 1.54) is 6.20 Å². The molecule has 5 nitrogen and oxygen atoms in total. The molecule has 3 N–H and O–H groups in total. The van der Waals surface area contributed by atoms with Crippen molar-refractivity contribution in [2.45, 2.75) is 26.3 Å². The molecule has 0 saturated carbocycles. The Hall–Kier alpha value is -2.43. The molecule has 0 radical (unpaired) electrons. The first-order valence-corrected chi connectivity index (χ1v) is 6.55. The fourth-order valence-corrected chi connectivity index (χ4v) is 2.01. The summed E-state index contributed by atoms with van der Waals surface area (Å²) in [6, 6.07) is 7.04. The molecule has 0 fully saturated rings. The number of carbonyl (C=O) groups is 1. The lowest BCUT2D eigenvalue weighted by Crippen LogP contribution is -2.29. The highest BCUT2D eigenvalue weighted by atomic mass is 16.1. The molecule has 2 aromatic rings. The Labute approximate surface area is 118 Å². The van der Waals surface area contributed by atoms with Crippen LogP contribution in [0.3, 0.4) is 0 Å². The Balaban J connectivity index is 2.16. The highest BCUT2D eigenvalue weighted by Gasteiger charge is 2.16. The molecule has 1 atom stereocenters. The summed E-state index contributed by atoms with van der Waals surface area (Å²) >= 11 is 0. The number of hydrogen-bond donors (Lipinski definition) is 2. The number of pyridine rings is 2. The minimum atomic E-state index is -0.172. The molecule has 2 rings (SSSR count). The monoisotopic (exact) mass is 270 g/mol. The summed E-state index contributed by atoms with van der Waals surface area (Å²) in [6.07, 6.45) is 3.98. The average molecular weight is 270 g/mol. The molecule has 0 aliphatic heterocycles. The summed E-state index contributed by atoms with van der Waals surface area (Å²) in [7, 11) is 0. The Kier molecular flexibility index (Phi) is 4.30. The van der Waals surface area contributed by atoms with E-state index in [9.17, 15) is 4.79 Å². The second kappa shape index (κ2) is 6.14. The quantitative estimate of drug-likeness (QED) is 0.892. The normalized spacial score (nSPS) is 11.9. The van der Waals surface area contributed by atoms with Crippen molar-refractivity contribution in [3.63, 3.8) is 0 Å². The van der Waals surface area contributed by atoms with Gasteiger partial charge in [0, 0.05) is 12.4 Å². The van der Waals surface area contributed by atoms with Gasteiger partial charge < -0.3 is 11.1 Å². The smallest absolute Gasteiger partial charge is 0.253 e. The summed E-state index contributed by atoms with van der Waals surface area (Å²) in [4.78, 5) is 20.5. The molecule has 0 bridgehead atoms. The molecule has 1 amide bonds. The molecule has 5 heteroatoms.